The van der Waals surface area contributed by atoms with E-state index in [1.165, 1.54) is 5.56 Å². The predicted molar refractivity (Wildman–Crippen MR) is 98.2 cm³/mol. The third-order valence-electron chi connectivity index (χ3n) is 4.39. The molecule has 0 atom stereocenters. The fourth-order valence-electron chi connectivity index (χ4n) is 3.14. The van der Waals surface area contributed by atoms with Crippen LogP contribution in [-0.2, 0) is 0 Å². The Labute approximate surface area is 146 Å². The smallest absolute Gasteiger partial charge is 0.138 e. The van der Waals surface area contributed by atoms with Gasteiger partial charge in [-0.2, -0.15) is 0 Å². The van der Waals surface area contributed by atoms with E-state index in [0.717, 1.165) is 54.6 Å². The third kappa shape index (κ3) is 2.70. The number of aliphatic imine (C=N–C) groups is 1. The molecule has 6 heteroatoms. The highest BCUT2D eigenvalue weighted by atomic mass is 35.5. The van der Waals surface area contributed by atoms with Crippen LogP contribution in [0.2, 0.25) is 5.02 Å². The first-order chi connectivity index (χ1) is 11.6. The number of nitrogens with zero attached hydrogens (tertiary/aromatic N) is 2. The number of nitrogens with one attached hydrogen (secondary N) is 2. The van der Waals surface area contributed by atoms with Gasteiger partial charge in [-0.15, -0.1) is 0 Å². The normalized spacial score (nSPS) is 16.6. The van der Waals surface area contributed by atoms with E-state index in [9.17, 15) is 5.11 Å². The quantitative estimate of drug-likeness (QED) is 0.687. The molecule has 0 bridgehead atoms. The average molecular weight is 343 g/mol. The van der Waals surface area contributed by atoms with Crippen LogP contribution >= 0.6 is 11.6 Å². The first-order valence-corrected chi connectivity index (χ1v) is 8.44. The molecule has 3 N–H and O–H groups in total. The van der Waals surface area contributed by atoms with Gasteiger partial charge in [0, 0.05) is 43.5 Å². The number of aromatic hydroxyl groups is 1. The first kappa shape index (κ1) is 15.3. The molecule has 2 aromatic carbocycles. The summed E-state index contributed by atoms with van der Waals surface area (Å²) >= 11 is 6.10. The highest BCUT2D eigenvalue weighted by molar-refractivity contribution is 6.32. The van der Waals surface area contributed by atoms with Gasteiger partial charge < -0.3 is 20.6 Å². The summed E-state index contributed by atoms with van der Waals surface area (Å²) in [5, 5.41) is 17.0. The van der Waals surface area contributed by atoms with Crippen LogP contribution in [0.25, 0.3) is 0 Å². The molecular formula is C18H19ClN4O. The van der Waals surface area contributed by atoms with E-state index in [-0.39, 0.29) is 5.75 Å². The highest BCUT2D eigenvalue weighted by Gasteiger charge is 2.23. The largest absolute Gasteiger partial charge is 0.506 e. The Balaban J connectivity index is 1.90. The van der Waals surface area contributed by atoms with Crippen LogP contribution in [0.5, 0.6) is 5.75 Å². The maximum atomic E-state index is 9.95. The lowest BCUT2D eigenvalue weighted by atomic mass is 10.1. The molecule has 0 saturated carbocycles. The van der Waals surface area contributed by atoms with Crippen molar-refractivity contribution in [1.82, 2.24) is 10.2 Å². The highest BCUT2D eigenvalue weighted by Crippen LogP contribution is 2.40. The Kier molecular flexibility index (Phi) is 3.82. The molecule has 0 radical (unpaired) electrons. The lowest BCUT2D eigenvalue weighted by Crippen LogP contribution is -2.46. The Hall–Kier alpha value is -2.24. The van der Waals surface area contributed by atoms with E-state index in [4.69, 9.17) is 16.6 Å². The number of phenols is 1. The van der Waals surface area contributed by atoms with E-state index in [1.807, 2.05) is 0 Å². The number of benzene rings is 2. The number of rotatable bonds is 0. The monoisotopic (exact) mass is 342 g/mol. The minimum atomic E-state index is 0.0537. The Morgan fingerprint density at radius 3 is 2.71 bits per heavy atom. The molecule has 0 aromatic heterocycles. The molecule has 0 spiro atoms. The molecule has 2 aromatic rings. The van der Waals surface area contributed by atoms with Gasteiger partial charge in [0.1, 0.15) is 11.6 Å². The van der Waals surface area contributed by atoms with Gasteiger partial charge in [0.15, 0.2) is 0 Å². The van der Waals surface area contributed by atoms with E-state index in [1.54, 1.807) is 12.1 Å². The van der Waals surface area contributed by atoms with Crippen LogP contribution in [0, 0.1) is 6.92 Å². The second-order valence-electron chi connectivity index (χ2n) is 6.17. The second-order valence-corrected chi connectivity index (χ2v) is 6.57. The first-order valence-electron chi connectivity index (χ1n) is 8.07. The molecule has 0 aliphatic carbocycles. The molecule has 124 valence electrons. The summed E-state index contributed by atoms with van der Waals surface area (Å²) < 4.78 is 0. The van der Waals surface area contributed by atoms with Gasteiger partial charge >= 0.3 is 0 Å². The van der Waals surface area contributed by atoms with Crippen molar-refractivity contribution < 1.29 is 5.11 Å². The summed E-state index contributed by atoms with van der Waals surface area (Å²) in [4.78, 5) is 7.19. The third-order valence-corrected chi connectivity index (χ3v) is 4.70. The molecule has 5 nitrogen and oxygen atoms in total. The van der Waals surface area contributed by atoms with E-state index in [2.05, 4.69) is 40.7 Å². The number of phenolic OH excluding ortho intramolecular Hbond substituents is 1. The molecule has 2 heterocycles. The summed E-state index contributed by atoms with van der Waals surface area (Å²) in [6.07, 6.45) is 0. The molecule has 1 saturated heterocycles. The van der Waals surface area contributed by atoms with Gasteiger partial charge in [-0.05, 0) is 30.7 Å². The molecule has 0 amide bonds. The predicted octanol–water partition coefficient (Wildman–Crippen LogP) is 3.39. The SMILES string of the molecule is Cc1ccc2c(c1)Nc1cc(O)c(Cl)cc1N=C2N1CCNCC1. The number of amidine groups is 1. The fourth-order valence-corrected chi connectivity index (χ4v) is 3.30. The number of hydrogen-bond acceptors (Lipinski definition) is 5. The van der Waals surface area contributed by atoms with Crippen molar-refractivity contribution in [2.75, 3.05) is 31.5 Å². The van der Waals surface area contributed by atoms with Crippen molar-refractivity contribution >= 4 is 34.5 Å². The fraction of sp³-hybridized carbons (Fsp3) is 0.278. The summed E-state index contributed by atoms with van der Waals surface area (Å²) in [6, 6.07) is 9.65. The van der Waals surface area contributed by atoms with E-state index in [0.29, 0.717) is 5.02 Å². The molecular weight excluding hydrogens is 324 g/mol. The van der Waals surface area contributed by atoms with Gasteiger partial charge in [0.05, 0.1) is 16.4 Å². The van der Waals surface area contributed by atoms with Crippen molar-refractivity contribution in [2.45, 2.75) is 6.92 Å². The van der Waals surface area contributed by atoms with Gasteiger partial charge in [-0.25, -0.2) is 4.99 Å². The number of anilines is 2. The van der Waals surface area contributed by atoms with Gasteiger partial charge in [-0.1, -0.05) is 17.7 Å². The Bertz CT molecular complexity index is 828. The topological polar surface area (TPSA) is 59.9 Å². The zero-order valence-electron chi connectivity index (χ0n) is 13.4. The minimum absolute atomic E-state index is 0.0537. The van der Waals surface area contributed by atoms with Crippen LogP contribution in [0.4, 0.5) is 17.1 Å². The standard InChI is InChI=1S/C18H19ClN4O/c1-11-2-3-12-14(8-11)21-16-10-17(24)13(19)9-15(16)22-18(12)23-6-4-20-5-7-23/h2-3,8-10,20-21,24H,4-7H2,1H3. The number of halogens is 1. The van der Waals surface area contributed by atoms with Gasteiger partial charge in [-0.3, -0.25) is 0 Å². The Morgan fingerprint density at radius 1 is 1.12 bits per heavy atom. The van der Waals surface area contributed by atoms with Gasteiger partial charge in [0.25, 0.3) is 0 Å². The number of fused-ring (bicyclic) bond motifs is 2. The maximum Gasteiger partial charge on any atom is 0.138 e. The summed E-state index contributed by atoms with van der Waals surface area (Å²) in [5.41, 5.74) is 4.72. The lowest BCUT2D eigenvalue weighted by Gasteiger charge is -2.30. The molecule has 1 fully saturated rings. The van der Waals surface area contributed by atoms with Crippen LogP contribution < -0.4 is 10.6 Å². The molecule has 0 unspecified atom stereocenters. The van der Waals surface area contributed by atoms with E-state index < -0.39 is 0 Å². The maximum absolute atomic E-state index is 9.95. The lowest BCUT2D eigenvalue weighted by molar-refractivity contribution is 0.358. The summed E-state index contributed by atoms with van der Waals surface area (Å²) in [5.74, 6) is 0.998. The molecule has 24 heavy (non-hydrogen) atoms. The van der Waals surface area contributed by atoms with Crippen molar-refractivity contribution in [3.63, 3.8) is 0 Å². The van der Waals surface area contributed by atoms with Crippen molar-refractivity contribution in [1.29, 1.82) is 0 Å². The Morgan fingerprint density at radius 2 is 1.92 bits per heavy atom. The van der Waals surface area contributed by atoms with Crippen molar-refractivity contribution in [3.8, 4) is 5.75 Å². The van der Waals surface area contributed by atoms with Crippen LogP contribution in [0.1, 0.15) is 11.1 Å². The number of hydrogen-bond donors (Lipinski definition) is 3. The summed E-state index contributed by atoms with van der Waals surface area (Å²) in [6.45, 7) is 5.77. The van der Waals surface area contributed by atoms with Crippen molar-refractivity contribution in [2.24, 2.45) is 4.99 Å². The number of aryl methyl sites for hydroxylation is 1. The molecule has 2 aliphatic heterocycles. The van der Waals surface area contributed by atoms with E-state index >= 15 is 0 Å². The van der Waals surface area contributed by atoms with Crippen LogP contribution in [0.15, 0.2) is 35.3 Å². The number of piperazine rings is 1. The van der Waals surface area contributed by atoms with Crippen LogP contribution in [-0.4, -0.2) is 42.0 Å². The zero-order chi connectivity index (χ0) is 16.7. The summed E-state index contributed by atoms with van der Waals surface area (Å²) in [7, 11) is 0. The second kappa shape index (κ2) is 6.00. The molecule has 2 aliphatic rings. The zero-order valence-corrected chi connectivity index (χ0v) is 14.2. The minimum Gasteiger partial charge on any atom is -0.506 e. The van der Waals surface area contributed by atoms with Crippen LogP contribution in [0.3, 0.4) is 0 Å². The van der Waals surface area contributed by atoms with Crippen molar-refractivity contribution in [3.05, 3.63) is 46.5 Å². The average Bonchev–Trinajstić information content (AvgIpc) is 2.72. The molecule has 4 rings (SSSR count). The van der Waals surface area contributed by atoms with Gasteiger partial charge in [0.2, 0.25) is 0 Å².